The van der Waals surface area contributed by atoms with Crippen LogP contribution in [-0.2, 0) is 10.2 Å². The normalized spacial score (nSPS) is 22.5. The third-order valence-corrected chi connectivity index (χ3v) is 5.03. The number of nitrogens with two attached hydrogens (primary N) is 1. The number of halogens is 1. The van der Waals surface area contributed by atoms with Crippen LogP contribution in [0, 0.1) is 5.92 Å². The van der Waals surface area contributed by atoms with E-state index in [1.165, 1.54) is 4.31 Å². The zero-order valence-electron chi connectivity index (χ0n) is 10.6. The molecule has 0 aromatic heterocycles. The van der Waals surface area contributed by atoms with E-state index >= 15 is 0 Å². The summed E-state index contributed by atoms with van der Waals surface area (Å²) in [6, 6.07) is 0. The highest BCUT2D eigenvalue weighted by molar-refractivity contribution is 7.86. The van der Waals surface area contributed by atoms with Crippen LogP contribution in [0.1, 0.15) is 26.2 Å². The molecule has 1 saturated heterocycles. The molecule has 17 heavy (non-hydrogen) atoms. The molecule has 0 amide bonds. The molecule has 0 saturated carbocycles. The summed E-state index contributed by atoms with van der Waals surface area (Å²) in [4.78, 5) is 0. The molecule has 0 aromatic carbocycles. The van der Waals surface area contributed by atoms with Crippen molar-refractivity contribution >= 4 is 22.6 Å². The Bertz CT molecular complexity index is 311. The van der Waals surface area contributed by atoms with Gasteiger partial charge in [-0.1, -0.05) is 6.92 Å². The first-order valence-corrected chi connectivity index (χ1v) is 7.33. The molecular formula is C10H24ClN3O2S. The smallest absolute Gasteiger partial charge is 0.281 e. The third-order valence-electron chi connectivity index (χ3n) is 3.07. The summed E-state index contributed by atoms with van der Waals surface area (Å²) in [5.74, 6) is 0.318. The molecule has 0 aromatic rings. The average molecular weight is 286 g/mol. The van der Waals surface area contributed by atoms with E-state index in [2.05, 4.69) is 0 Å². The highest BCUT2D eigenvalue weighted by Crippen LogP contribution is 2.19. The zero-order valence-corrected chi connectivity index (χ0v) is 12.3. The molecule has 1 fully saturated rings. The zero-order chi connectivity index (χ0) is 12.2. The van der Waals surface area contributed by atoms with E-state index in [1.54, 1.807) is 11.4 Å². The Morgan fingerprint density at radius 3 is 2.65 bits per heavy atom. The number of hydrogen-bond donors (Lipinski definition) is 1. The van der Waals surface area contributed by atoms with E-state index in [9.17, 15) is 8.42 Å². The van der Waals surface area contributed by atoms with Crippen molar-refractivity contribution in [3.8, 4) is 0 Å². The maximum Gasteiger partial charge on any atom is 0.281 e. The number of nitrogens with zero attached hydrogens (tertiary/aromatic N) is 2. The number of rotatable bonds is 5. The van der Waals surface area contributed by atoms with E-state index in [4.69, 9.17) is 5.73 Å². The van der Waals surface area contributed by atoms with Crippen LogP contribution in [0.4, 0.5) is 0 Å². The largest absolute Gasteiger partial charge is 0.330 e. The molecule has 1 aliphatic heterocycles. The molecule has 2 N–H and O–H groups in total. The lowest BCUT2D eigenvalue weighted by atomic mass is 10.0. The molecule has 0 bridgehead atoms. The van der Waals surface area contributed by atoms with Gasteiger partial charge in [0, 0.05) is 26.7 Å². The van der Waals surface area contributed by atoms with Crippen LogP contribution in [0.2, 0.25) is 0 Å². The van der Waals surface area contributed by atoms with E-state index < -0.39 is 10.2 Å². The van der Waals surface area contributed by atoms with Crippen LogP contribution in [0.5, 0.6) is 0 Å². The van der Waals surface area contributed by atoms with Crippen LogP contribution in [0.25, 0.3) is 0 Å². The Morgan fingerprint density at radius 1 is 1.47 bits per heavy atom. The maximum absolute atomic E-state index is 12.1. The second kappa shape index (κ2) is 7.53. The molecule has 0 aliphatic carbocycles. The summed E-state index contributed by atoms with van der Waals surface area (Å²) in [5.41, 5.74) is 5.61. The summed E-state index contributed by atoms with van der Waals surface area (Å²) in [6.45, 7) is 4.33. The van der Waals surface area contributed by atoms with E-state index in [1.807, 2.05) is 6.92 Å². The van der Waals surface area contributed by atoms with Crippen LogP contribution in [0.15, 0.2) is 0 Å². The molecular weight excluding hydrogens is 262 g/mol. The Morgan fingerprint density at radius 2 is 2.12 bits per heavy atom. The van der Waals surface area contributed by atoms with Crippen LogP contribution in [-0.4, -0.2) is 50.3 Å². The minimum atomic E-state index is -3.26. The van der Waals surface area contributed by atoms with Gasteiger partial charge >= 0.3 is 0 Å². The lowest BCUT2D eigenvalue weighted by Crippen LogP contribution is -2.47. The van der Waals surface area contributed by atoms with Gasteiger partial charge in [-0.25, -0.2) is 0 Å². The monoisotopic (exact) mass is 285 g/mol. The summed E-state index contributed by atoms with van der Waals surface area (Å²) < 4.78 is 27.3. The summed E-state index contributed by atoms with van der Waals surface area (Å²) in [5, 5.41) is 0. The van der Waals surface area contributed by atoms with Gasteiger partial charge in [-0.05, 0) is 31.7 Å². The Hall–Kier alpha value is 0.120. The van der Waals surface area contributed by atoms with E-state index in [-0.39, 0.29) is 12.4 Å². The van der Waals surface area contributed by atoms with Gasteiger partial charge in [-0.3, -0.25) is 0 Å². The second-order valence-corrected chi connectivity index (χ2v) is 6.47. The van der Waals surface area contributed by atoms with Gasteiger partial charge in [0.15, 0.2) is 0 Å². The Balaban J connectivity index is 0.00000256. The summed E-state index contributed by atoms with van der Waals surface area (Å²) in [7, 11) is -1.61. The molecule has 0 spiro atoms. The standard InChI is InChI=1S/C10H23N3O2S.ClH/c1-3-6-12(2)16(14,15)13-7-4-5-10(8-11)9-13;/h10H,3-9,11H2,1-2H3;1H. The molecule has 1 rings (SSSR count). The number of piperidine rings is 1. The van der Waals surface area contributed by atoms with Gasteiger partial charge in [0.05, 0.1) is 0 Å². The highest BCUT2D eigenvalue weighted by atomic mass is 35.5. The molecule has 7 heteroatoms. The summed E-state index contributed by atoms with van der Waals surface area (Å²) in [6.07, 6.45) is 2.80. The van der Waals surface area contributed by atoms with Crippen molar-refractivity contribution in [2.45, 2.75) is 26.2 Å². The first-order chi connectivity index (χ1) is 7.52. The lowest BCUT2D eigenvalue weighted by molar-refractivity contribution is 0.255. The first kappa shape index (κ1) is 17.1. The third kappa shape index (κ3) is 4.37. The molecule has 1 unspecified atom stereocenters. The highest BCUT2D eigenvalue weighted by Gasteiger charge is 2.30. The van der Waals surface area contributed by atoms with Gasteiger partial charge < -0.3 is 5.73 Å². The molecule has 1 heterocycles. The van der Waals surface area contributed by atoms with Crippen molar-refractivity contribution in [1.82, 2.24) is 8.61 Å². The predicted octanol–water partition coefficient (Wildman–Crippen LogP) is 0.666. The molecule has 5 nitrogen and oxygen atoms in total. The topological polar surface area (TPSA) is 66.6 Å². The molecule has 104 valence electrons. The number of hydrogen-bond acceptors (Lipinski definition) is 3. The van der Waals surface area contributed by atoms with Crippen LogP contribution < -0.4 is 5.73 Å². The van der Waals surface area contributed by atoms with Crippen molar-refractivity contribution in [3.05, 3.63) is 0 Å². The van der Waals surface area contributed by atoms with Gasteiger partial charge in [-0.2, -0.15) is 17.0 Å². The quantitative estimate of drug-likeness (QED) is 0.807. The summed E-state index contributed by atoms with van der Waals surface area (Å²) >= 11 is 0. The van der Waals surface area contributed by atoms with Gasteiger partial charge in [0.1, 0.15) is 0 Å². The SMILES string of the molecule is CCCN(C)S(=O)(=O)N1CCCC(CN)C1.Cl. The first-order valence-electron chi connectivity index (χ1n) is 5.93. The molecule has 1 atom stereocenters. The lowest BCUT2D eigenvalue weighted by Gasteiger charge is -2.33. The van der Waals surface area contributed by atoms with Crippen molar-refractivity contribution in [3.63, 3.8) is 0 Å². The maximum atomic E-state index is 12.1. The second-order valence-electron chi connectivity index (χ2n) is 4.43. The van der Waals surface area contributed by atoms with Crippen LogP contribution in [0.3, 0.4) is 0 Å². The van der Waals surface area contributed by atoms with Gasteiger partial charge in [0.2, 0.25) is 0 Å². The van der Waals surface area contributed by atoms with Crippen LogP contribution >= 0.6 is 12.4 Å². The van der Waals surface area contributed by atoms with Gasteiger partial charge in [-0.15, -0.1) is 12.4 Å². The molecule has 1 aliphatic rings. The van der Waals surface area contributed by atoms with Gasteiger partial charge in [0.25, 0.3) is 10.2 Å². The molecule has 0 radical (unpaired) electrons. The van der Waals surface area contributed by atoms with Crippen molar-refractivity contribution < 1.29 is 8.42 Å². The minimum Gasteiger partial charge on any atom is -0.330 e. The average Bonchev–Trinajstić information content (AvgIpc) is 2.29. The fourth-order valence-corrected chi connectivity index (χ4v) is 3.62. The fraction of sp³-hybridized carbons (Fsp3) is 1.00. The fourth-order valence-electron chi connectivity index (χ4n) is 2.06. The van der Waals surface area contributed by atoms with Crippen molar-refractivity contribution in [2.75, 3.05) is 33.2 Å². The van der Waals surface area contributed by atoms with Crippen molar-refractivity contribution in [1.29, 1.82) is 0 Å². The minimum absolute atomic E-state index is 0. The predicted molar refractivity (Wildman–Crippen MR) is 72.4 cm³/mol. The van der Waals surface area contributed by atoms with E-state index in [0.29, 0.717) is 32.1 Å². The Kier molecular flexibility index (Phi) is 7.58. The van der Waals surface area contributed by atoms with E-state index in [0.717, 1.165) is 19.3 Å². The van der Waals surface area contributed by atoms with Crippen molar-refractivity contribution in [2.24, 2.45) is 11.7 Å². The Labute approximate surface area is 111 Å².